The van der Waals surface area contributed by atoms with Gasteiger partial charge in [0.05, 0.1) is 0 Å². The molecular weight excluding hydrogens is 217 g/mol. The van der Waals surface area contributed by atoms with Crippen LogP contribution in [-0.4, -0.2) is 11.8 Å². The highest BCUT2D eigenvalue weighted by molar-refractivity contribution is 6.18. The van der Waals surface area contributed by atoms with Gasteiger partial charge in [0.1, 0.15) is 0 Å². The van der Waals surface area contributed by atoms with E-state index in [4.69, 9.17) is 28.9 Å². The van der Waals surface area contributed by atoms with Crippen molar-refractivity contribution in [1.82, 2.24) is 0 Å². The number of alkyl halides is 2. The molecular formula is C11H15Cl2N. The topological polar surface area (TPSA) is 26.0 Å². The summed E-state index contributed by atoms with van der Waals surface area (Å²) in [6, 6.07) is 10.0. The minimum atomic E-state index is -0.370. The predicted molar refractivity (Wildman–Crippen MR) is 63.0 cm³/mol. The van der Waals surface area contributed by atoms with Crippen LogP contribution >= 0.6 is 23.2 Å². The Morgan fingerprint density at radius 2 is 1.50 bits per heavy atom. The van der Waals surface area contributed by atoms with E-state index in [2.05, 4.69) is 0 Å². The number of rotatable bonds is 5. The van der Waals surface area contributed by atoms with E-state index in [-0.39, 0.29) is 5.54 Å². The van der Waals surface area contributed by atoms with Crippen LogP contribution in [0.3, 0.4) is 0 Å². The van der Waals surface area contributed by atoms with Gasteiger partial charge in [0.2, 0.25) is 0 Å². The summed E-state index contributed by atoms with van der Waals surface area (Å²) in [5.74, 6) is 1.12. The van der Waals surface area contributed by atoms with Crippen LogP contribution in [0, 0.1) is 0 Å². The molecule has 2 N–H and O–H groups in total. The minimum Gasteiger partial charge on any atom is -0.321 e. The molecule has 0 aliphatic heterocycles. The van der Waals surface area contributed by atoms with Gasteiger partial charge in [0.25, 0.3) is 0 Å². The Balaban J connectivity index is 2.87. The van der Waals surface area contributed by atoms with Crippen LogP contribution in [0.5, 0.6) is 0 Å². The summed E-state index contributed by atoms with van der Waals surface area (Å²) in [5.41, 5.74) is 7.01. The average molecular weight is 232 g/mol. The van der Waals surface area contributed by atoms with Crippen molar-refractivity contribution >= 4 is 23.2 Å². The second-order valence-corrected chi connectivity index (χ2v) is 4.16. The lowest BCUT2D eigenvalue weighted by Crippen LogP contribution is -2.37. The van der Waals surface area contributed by atoms with Gasteiger partial charge in [-0.1, -0.05) is 30.3 Å². The fourth-order valence-corrected chi connectivity index (χ4v) is 2.20. The SMILES string of the molecule is NC(CCCl)(CCCl)c1ccccc1. The average Bonchev–Trinajstić information content (AvgIpc) is 2.20. The molecule has 0 atom stereocenters. The number of hydrogen-bond donors (Lipinski definition) is 1. The fourth-order valence-electron chi connectivity index (χ4n) is 1.52. The van der Waals surface area contributed by atoms with Gasteiger partial charge in [-0.2, -0.15) is 0 Å². The predicted octanol–water partition coefficient (Wildman–Crippen LogP) is 3.10. The second kappa shape index (κ2) is 5.59. The summed E-state index contributed by atoms with van der Waals surface area (Å²) in [4.78, 5) is 0. The van der Waals surface area contributed by atoms with Crippen LogP contribution in [0.4, 0.5) is 0 Å². The summed E-state index contributed by atoms with van der Waals surface area (Å²) in [6.45, 7) is 0. The first-order chi connectivity index (χ1) is 6.73. The molecule has 0 radical (unpaired) electrons. The van der Waals surface area contributed by atoms with Gasteiger partial charge in [-0.25, -0.2) is 0 Å². The zero-order valence-corrected chi connectivity index (χ0v) is 9.56. The lowest BCUT2D eigenvalue weighted by Gasteiger charge is -2.28. The van der Waals surface area contributed by atoms with Gasteiger partial charge < -0.3 is 5.73 Å². The quantitative estimate of drug-likeness (QED) is 0.775. The van der Waals surface area contributed by atoms with Gasteiger partial charge in [-0.3, -0.25) is 0 Å². The standard InChI is InChI=1S/C11H15Cl2N/c12-8-6-11(14,7-9-13)10-4-2-1-3-5-10/h1-5H,6-9,14H2. The normalized spacial score (nSPS) is 11.6. The van der Waals surface area contributed by atoms with E-state index >= 15 is 0 Å². The Bertz CT molecular complexity index is 255. The van der Waals surface area contributed by atoms with Gasteiger partial charge in [-0.05, 0) is 18.4 Å². The molecule has 78 valence electrons. The van der Waals surface area contributed by atoms with Crippen LogP contribution in [0.1, 0.15) is 18.4 Å². The zero-order chi connectivity index (χ0) is 10.4. The highest BCUT2D eigenvalue weighted by atomic mass is 35.5. The molecule has 0 fully saturated rings. The molecule has 0 aliphatic rings. The smallest absolute Gasteiger partial charge is 0.0432 e. The van der Waals surface area contributed by atoms with Crippen molar-refractivity contribution in [2.75, 3.05) is 11.8 Å². The minimum absolute atomic E-state index is 0.370. The first-order valence-corrected chi connectivity index (χ1v) is 5.76. The second-order valence-electron chi connectivity index (χ2n) is 3.40. The Morgan fingerprint density at radius 3 is 1.93 bits per heavy atom. The van der Waals surface area contributed by atoms with Crippen LogP contribution in [0.2, 0.25) is 0 Å². The summed E-state index contributed by atoms with van der Waals surface area (Å²) < 4.78 is 0. The molecule has 0 saturated carbocycles. The Kier molecular flexibility index (Phi) is 4.73. The summed E-state index contributed by atoms with van der Waals surface area (Å²) >= 11 is 11.5. The molecule has 1 nitrogen and oxygen atoms in total. The number of halogens is 2. The fraction of sp³-hybridized carbons (Fsp3) is 0.455. The molecule has 0 bridgehead atoms. The van der Waals surface area contributed by atoms with Gasteiger partial charge in [-0.15, -0.1) is 23.2 Å². The van der Waals surface area contributed by atoms with E-state index in [0.717, 1.165) is 18.4 Å². The molecule has 1 aromatic carbocycles. The Morgan fingerprint density at radius 1 is 1.00 bits per heavy atom. The molecule has 0 unspecified atom stereocenters. The maximum absolute atomic E-state index is 6.27. The zero-order valence-electron chi connectivity index (χ0n) is 8.05. The van der Waals surface area contributed by atoms with Crippen LogP contribution < -0.4 is 5.73 Å². The Hall–Kier alpha value is -0.240. The molecule has 14 heavy (non-hydrogen) atoms. The summed E-state index contributed by atoms with van der Waals surface area (Å²) in [6.07, 6.45) is 1.51. The first-order valence-electron chi connectivity index (χ1n) is 4.69. The van der Waals surface area contributed by atoms with Crippen molar-refractivity contribution in [3.05, 3.63) is 35.9 Å². The van der Waals surface area contributed by atoms with Crippen LogP contribution in [-0.2, 0) is 5.54 Å². The third-order valence-electron chi connectivity index (χ3n) is 2.43. The maximum atomic E-state index is 6.27. The van der Waals surface area contributed by atoms with E-state index in [1.165, 1.54) is 0 Å². The monoisotopic (exact) mass is 231 g/mol. The molecule has 1 aromatic rings. The van der Waals surface area contributed by atoms with Crippen LogP contribution in [0.15, 0.2) is 30.3 Å². The molecule has 0 aromatic heterocycles. The Labute approximate surface area is 95.2 Å². The summed E-state index contributed by atoms with van der Waals surface area (Å²) in [5, 5.41) is 0. The number of hydrogen-bond acceptors (Lipinski definition) is 1. The van der Waals surface area contributed by atoms with E-state index < -0.39 is 0 Å². The molecule has 3 heteroatoms. The lowest BCUT2D eigenvalue weighted by atomic mass is 9.86. The highest BCUT2D eigenvalue weighted by Gasteiger charge is 2.25. The van der Waals surface area contributed by atoms with Crippen molar-refractivity contribution in [2.45, 2.75) is 18.4 Å². The number of benzene rings is 1. The van der Waals surface area contributed by atoms with Crippen molar-refractivity contribution < 1.29 is 0 Å². The highest BCUT2D eigenvalue weighted by Crippen LogP contribution is 2.26. The van der Waals surface area contributed by atoms with Gasteiger partial charge >= 0.3 is 0 Å². The molecule has 0 saturated heterocycles. The van der Waals surface area contributed by atoms with Crippen LogP contribution in [0.25, 0.3) is 0 Å². The third-order valence-corrected chi connectivity index (χ3v) is 2.81. The summed E-state index contributed by atoms with van der Waals surface area (Å²) in [7, 11) is 0. The van der Waals surface area contributed by atoms with Crippen molar-refractivity contribution in [3.63, 3.8) is 0 Å². The van der Waals surface area contributed by atoms with E-state index in [1.54, 1.807) is 0 Å². The number of nitrogens with two attached hydrogens (primary N) is 1. The molecule has 0 heterocycles. The molecule has 0 spiro atoms. The third kappa shape index (κ3) is 2.88. The lowest BCUT2D eigenvalue weighted by molar-refractivity contribution is 0.417. The first kappa shape index (κ1) is 11.8. The van der Waals surface area contributed by atoms with Crippen molar-refractivity contribution in [1.29, 1.82) is 0 Å². The molecule has 1 rings (SSSR count). The van der Waals surface area contributed by atoms with Gasteiger partial charge in [0.15, 0.2) is 0 Å². The largest absolute Gasteiger partial charge is 0.321 e. The molecule has 0 amide bonds. The van der Waals surface area contributed by atoms with E-state index in [1.807, 2.05) is 30.3 Å². The van der Waals surface area contributed by atoms with Gasteiger partial charge in [0, 0.05) is 17.3 Å². The maximum Gasteiger partial charge on any atom is 0.0432 e. The van der Waals surface area contributed by atoms with Crippen molar-refractivity contribution in [2.24, 2.45) is 5.73 Å². The molecule has 0 aliphatic carbocycles. The van der Waals surface area contributed by atoms with Crippen molar-refractivity contribution in [3.8, 4) is 0 Å². The van der Waals surface area contributed by atoms with E-state index in [0.29, 0.717) is 11.8 Å². The van der Waals surface area contributed by atoms with E-state index in [9.17, 15) is 0 Å².